The fraction of sp³-hybridized carbons (Fsp3) is 0.263. The van der Waals surface area contributed by atoms with Crippen molar-refractivity contribution in [2.24, 2.45) is 0 Å². The van der Waals surface area contributed by atoms with Crippen molar-refractivity contribution >= 4 is 0 Å². The number of rotatable bonds is 4. The number of phenolic OH excluding ortho intramolecular Hbond substituents is 1. The minimum absolute atomic E-state index is 0.118. The molecule has 0 unspecified atom stereocenters. The van der Waals surface area contributed by atoms with E-state index in [0.717, 1.165) is 11.1 Å². The zero-order valence-electron chi connectivity index (χ0n) is 13.5. The van der Waals surface area contributed by atoms with Crippen molar-refractivity contribution in [3.05, 3.63) is 78.4 Å². The third-order valence-electron chi connectivity index (χ3n) is 2.59. The van der Waals surface area contributed by atoms with Gasteiger partial charge >= 0.3 is 0 Å². The van der Waals surface area contributed by atoms with Crippen LogP contribution in [0.5, 0.6) is 5.75 Å². The van der Waals surface area contributed by atoms with E-state index in [9.17, 15) is 5.11 Å². The van der Waals surface area contributed by atoms with Gasteiger partial charge in [0.25, 0.3) is 0 Å². The standard InChI is InChI=1S/C10H15NO2.C6H6.C3H6/c1-8-3-2-4-9(10(8)13)7-11-5-6-12;1-2-4-6-5-3-1;1-3-2/h2-4,11-13H,5-7H2,1H3;1-6H;3H,1H2,2H3. The first kappa shape index (κ1) is 19.9. The van der Waals surface area contributed by atoms with Crippen LogP contribution in [0.2, 0.25) is 0 Å². The molecule has 0 saturated carbocycles. The van der Waals surface area contributed by atoms with Crippen LogP contribution in [-0.4, -0.2) is 23.4 Å². The number of benzene rings is 2. The molecule has 0 aromatic heterocycles. The van der Waals surface area contributed by atoms with Crippen molar-refractivity contribution in [3.8, 4) is 5.75 Å². The van der Waals surface area contributed by atoms with E-state index in [1.54, 1.807) is 6.08 Å². The SMILES string of the molecule is C=CC.Cc1cccc(CNCCO)c1O.c1ccccc1. The normalized spacial score (nSPS) is 8.86. The molecule has 0 aliphatic heterocycles. The Morgan fingerprint density at radius 3 is 2.00 bits per heavy atom. The van der Waals surface area contributed by atoms with Crippen LogP contribution in [0.25, 0.3) is 0 Å². The predicted molar refractivity (Wildman–Crippen MR) is 93.9 cm³/mol. The summed E-state index contributed by atoms with van der Waals surface area (Å²) in [4.78, 5) is 0. The summed E-state index contributed by atoms with van der Waals surface area (Å²) < 4.78 is 0. The Labute approximate surface area is 134 Å². The number of aliphatic hydroxyl groups excluding tert-OH is 1. The lowest BCUT2D eigenvalue weighted by Crippen LogP contribution is -2.17. The molecule has 0 aliphatic rings. The number of aryl methyl sites for hydroxylation is 1. The molecule has 3 N–H and O–H groups in total. The van der Waals surface area contributed by atoms with Crippen LogP contribution in [0.4, 0.5) is 0 Å². The molecule has 0 radical (unpaired) electrons. The van der Waals surface area contributed by atoms with Crippen molar-refractivity contribution in [1.82, 2.24) is 5.32 Å². The van der Waals surface area contributed by atoms with E-state index < -0.39 is 0 Å². The predicted octanol–water partition coefficient (Wildman–Crippen LogP) is 3.66. The first-order valence-corrected chi connectivity index (χ1v) is 7.33. The maximum atomic E-state index is 9.59. The molecule has 0 atom stereocenters. The smallest absolute Gasteiger partial charge is 0.122 e. The topological polar surface area (TPSA) is 52.5 Å². The summed E-state index contributed by atoms with van der Waals surface area (Å²) in [7, 11) is 0. The maximum absolute atomic E-state index is 9.59. The fourth-order valence-electron chi connectivity index (χ4n) is 1.55. The third kappa shape index (κ3) is 9.75. The lowest BCUT2D eigenvalue weighted by molar-refractivity contribution is 0.291. The van der Waals surface area contributed by atoms with Gasteiger partial charge in [-0.05, 0) is 19.4 Å². The zero-order valence-corrected chi connectivity index (χ0v) is 13.5. The summed E-state index contributed by atoms with van der Waals surface area (Å²) in [5.74, 6) is 0.341. The van der Waals surface area contributed by atoms with Crippen LogP contribution in [-0.2, 0) is 6.54 Å². The lowest BCUT2D eigenvalue weighted by atomic mass is 10.1. The largest absolute Gasteiger partial charge is 0.507 e. The molecule has 0 amide bonds. The molecular weight excluding hydrogens is 274 g/mol. The Bertz CT molecular complexity index is 471. The average Bonchev–Trinajstić information content (AvgIpc) is 2.55. The van der Waals surface area contributed by atoms with Crippen LogP contribution in [0.15, 0.2) is 67.3 Å². The highest BCUT2D eigenvalue weighted by molar-refractivity contribution is 5.39. The zero-order chi connectivity index (χ0) is 16.6. The summed E-state index contributed by atoms with van der Waals surface area (Å²) in [6.07, 6.45) is 1.75. The second kappa shape index (κ2) is 13.9. The lowest BCUT2D eigenvalue weighted by Gasteiger charge is -2.07. The van der Waals surface area contributed by atoms with Crippen molar-refractivity contribution in [3.63, 3.8) is 0 Å². The molecule has 2 aromatic carbocycles. The maximum Gasteiger partial charge on any atom is 0.122 e. The van der Waals surface area contributed by atoms with Gasteiger partial charge in [-0.1, -0.05) is 60.7 Å². The molecule has 22 heavy (non-hydrogen) atoms. The van der Waals surface area contributed by atoms with Gasteiger partial charge in [0.1, 0.15) is 5.75 Å². The molecule has 2 rings (SSSR count). The highest BCUT2D eigenvalue weighted by Gasteiger charge is 2.01. The highest BCUT2D eigenvalue weighted by atomic mass is 16.3. The van der Waals surface area contributed by atoms with Crippen molar-refractivity contribution in [2.45, 2.75) is 20.4 Å². The van der Waals surface area contributed by atoms with Crippen molar-refractivity contribution in [2.75, 3.05) is 13.2 Å². The van der Waals surface area contributed by atoms with Crippen molar-refractivity contribution in [1.29, 1.82) is 0 Å². The Morgan fingerprint density at radius 2 is 1.55 bits per heavy atom. The summed E-state index contributed by atoms with van der Waals surface area (Å²) in [6, 6.07) is 17.6. The molecule has 0 spiro atoms. The third-order valence-corrected chi connectivity index (χ3v) is 2.59. The van der Waals surface area contributed by atoms with Gasteiger partial charge in [0.05, 0.1) is 6.61 Å². The van der Waals surface area contributed by atoms with Gasteiger partial charge in [-0.15, -0.1) is 6.58 Å². The van der Waals surface area contributed by atoms with E-state index in [0.29, 0.717) is 18.8 Å². The van der Waals surface area contributed by atoms with Gasteiger partial charge in [0.15, 0.2) is 0 Å². The summed E-state index contributed by atoms with van der Waals surface area (Å²) in [5.41, 5.74) is 1.75. The number of para-hydroxylation sites is 1. The van der Waals surface area contributed by atoms with Crippen LogP contribution in [0.1, 0.15) is 18.1 Å². The van der Waals surface area contributed by atoms with Gasteiger partial charge < -0.3 is 15.5 Å². The number of aromatic hydroxyl groups is 1. The monoisotopic (exact) mass is 301 g/mol. The number of aliphatic hydroxyl groups is 1. The molecule has 3 heteroatoms. The molecule has 2 aromatic rings. The minimum atomic E-state index is 0.118. The van der Waals surface area contributed by atoms with E-state index in [4.69, 9.17) is 5.11 Å². The number of hydrogen-bond acceptors (Lipinski definition) is 3. The molecule has 0 heterocycles. The van der Waals surface area contributed by atoms with E-state index in [2.05, 4.69) is 11.9 Å². The van der Waals surface area contributed by atoms with E-state index in [1.165, 1.54) is 0 Å². The van der Waals surface area contributed by atoms with Crippen LogP contribution in [0, 0.1) is 6.92 Å². The molecule has 120 valence electrons. The summed E-state index contributed by atoms with van der Waals surface area (Å²) in [5, 5.41) is 21.1. The minimum Gasteiger partial charge on any atom is -0.507 e. The summed E-state index contributed by atoms with van der Waals surface area (Å²) in [6.45, 7) is 8.37. The Balaban J connectivity index is 0.000000404. The van der Waals surface area contributed by atoms with Crippen LogP contribution in [0.3, 0.4) is 0 Å². The second-order valence-corrected chi connectivity index (χ2v) is 4.55. The van der Waals surface area contributed by atoms with Crippen LogP contribution >= 0.6 is 0 Å². The fourth-order valence-corrected chi connectivity index (χ4v) is 1.55. The molecule has 0 aliphatic carbocycles. The number of phenols is 1. The Morgan fingerprint density at radius 1 is 1.05 bits per heavy atom. The van der Waals surface area contributed by atoms with Crippen LogP contribution < -0.4 is 5.32 Å². The van der Waals surface area contributed by atoms with Gasteiger partial charge in [-0.25, -0.2) is 0 Å². The molecule has 3 nitrogen and oxygen atoms in total. The molecular formula is C19H27NO2. The number of allylic oxidation sites excluding steroid dienone is 1. The van der Waals surface area contributed by atoms with E-state index in [1.807, 2.05) is 68.4 Å². The Hall–Kier alpha value is -2.10. The van der Waals surface area contributed by atoms with E-state index >= 15 is 0 Å². The van der Waals surface area contributed by atoms with Gasteiger partial charge in [-0.2, -0.15) is 0 Å². The number of hydrogen-bond donors (Lipinski definition) is 3. The first-order chi connectivity index (χ1) is 10.7. The second-order valence-electron chi connectivity index (χ2n) is 4.55. The van der Waals surface area contributed by atoms with Crippen molar-refractivity contribution < 1.29 is 10.2 Å². The van der Waals surface area contributed by atoms with Gasteiger partial charge in [0, 0.05) is 18.7 Å². The van der Waals surface area contributed by atoms with E-state index in [-0.39, 0.29) is 6.61 Å². The molecule has 0 fully saturated rings. The summed E-state index contributed by atoms with van der Waals surface area (Å²) >= 11 is 0. The molecule has 0 saturated heterocycles. The average molecular weight is 301 g/mol. The highest BCUT2D eigenvalue weighted by Crippen LogP contribution is 2.20. The first-order valence-electron chi connectivity index (χ1n) is 7.33. The number of nitrogens with one attached hydrogen (secondary N) is 1. The Kier molecular flexibility index (Phi) is 12.5. The van der Waals surface area contributed by atoms with Gasteiger partial charge in [-0.3, -0.25) is 0 Å². The molecule has 0 bridgehead atoms. The van der Waals surface area contributed by atoms with Gasteiger partial charge in [0.2, 0.25) is 0 Å². The quantitative estimate of drug-likeness (QED) is 0.596.